The molecule has 2 aromatic carbocycles. The molecule has 0 aromatic heterocycles. The number of hydrogen-bond donors (Lipinski definition) is 2. The average Bonchev–Trinajstić information content (AvgIpc) is 2.41. The molecule has 0 atom stereocenters. The number of nitrogens with two attached hydrogens (primary N) is 1. The van der Waals surface area contributed by atoms with Crippen LogP contribution in [0.3, 0.4) is 0 Å². The standard InChI is InChI=1S/C17H20Cl2N2O2S/c1-11-6-12(2)8-13(7-11)4-3-5-21-24(22,23)17-15(19)9-14(18)10-16(17)20/h6-10,21H,3-5,20H2,1-2H3. The summed E-state index contributed by atoms with van der Waals surface area (Å²) >= 11 is 11.8. The Morgan fingerprint density at radius 1 is 1.04 bits per heavy atom. The molecule has 7 heteroatoms. The maximum atomic E-state index is 12.4. The molecule has 0 amide bonds. The fourth-order valence-electron chi connectivity index (χ4n) is 2.65. The Morgan fingerprint density at radius 3 is 2.25 bits per heavy atom. The maximum Gasteiger partial charge on any atom is 0.244 e. The number of rotatable bonds is 6. The summed E-state index contributed by atoms with van der Waals surface area (Å²) < 4.78 is 27.3. The van der Waals surface area contributed by atoms with Crippen LogP contribution in [0.15, 0.2) is 35.2 Å². The van der Waals surface area contributed by atoms with Crippen molar-refractivity contribution in [2.45, 2.75) is 31.6 Å². The Hall–Kier alpha value is -1.27. The molecule has 3 N–H and O–H groups in total. The number of halogens is 2. The van der Waals surface area contributed by atoms with E-state index in [2.05, 4.69) is 22.9 Å². The lowest BCUT2D eigenvalue weighted by atomic mass is 10.0. The minimum Gasteiger partial charge on any atom is -0.398 e. The molecule has 2 rings (SSSR count). The van der Waals surface area contributed by atoms with Crippen molar-refractivity contribution in [2.24, 2.45) is 0 Å². The zero-order valence-electron chi connectivity index (χ0n) is 13.6. The minimum absolute atomic E-state index is 0.0156. The lowest BCUT2D eigenvalue weighted by molar-refractivity contribution is 0.579. The van der Waals surface area contributed by atoms with Gasteiger partial charge in [0.15, 0.2) is 0 Å². The SMILES string of the molecule is Cc1cc(C)cc(CCCNS(=O)(=O)c2c(N)cc(Cl)cc2Cl)c1. The summed E-state index contributed by atoms with van der Waals surface area (Å²) in [5, 5.41) is 0.313. The third-order valence-electron chi connectivity index (χ3n) is 3.52. The fraction of sp³-hybridized carbons (Fsp3) is 0.294. The maximum absolute atomic E-state index is 12.4. The van der Waals surface area contributed by atoms with Gasteiger partial charge in [0.2, 0.25) is 10.0 Å². The van der Waals surface area contributed by atoms with Crippen LogP contribution in [0.4, 0.5) is 5.69 Å². The van der Waals surface area contributed by atoms with Crippen molar-refractivity contribution in [3.05, 3.63) is 57.1 Å². The molecule has 130 valence electrons. The summed E-state index contributed by atoms with van der Waals surface area (Å²) in [6.07, 6.45) is 1.46. The van der Waals surface area contributed by atoms with Gasteiger partial charge in [0.1, 0.15) is 4.90 Å². The van der Waals surface area contributed by atoms with E-state index in [-0.39, 0.29) is 15.6 Å². The summed E-state index contributed by atoms with van der Waals surface area (Å²) in [5.74, 6) is 0. The van der Waals surface area contributed by atoms with Crippen LogP contribution in [0.25, 0.3) is 0 Å². The Balaban J connectivity index is 2.01. The van der Waals surface area contributed by atoms with Gasteiger partial charge in [-0.2, -0.15) is 0 Å². The van der Waals surface area contributed by atoms with E-state index in [9.17, 15) is 8.42 Å². The first-order valence-electron chi connectivity index (χ1n) is 7.50. The molecular weight excluding hydrogens is 367 g/mol. The Bertz CT molecular complexity index is 808. The van der Waals surface area contributed by atoms with E-state index in [0.717, 1.165) is 6.42 Å². The Morgan fingerprint density at radius 2 is 1.67 bits per heavy atom. The van der Waals surface area contributed by atoms with Gasteiger partial charge in [0, 0.05) is 11.6 Å². The molecule has 24 heavy (non-hydrogen) atoms. The highest BCUT2D eigenvalue weighted by Gasteiger charge is 2.21. The first-order valence-corrected chi connectivity index (χ1v) is 9.74. The molecule has 0 unspecified atom stereocenters. The molecule has 0 saturated carbocycles. The smallest absolute Gasteiger partial charge is 0.244 e. The Kier molecular flexibility index (Phi) is 6.15. The second-order valence-electron chi connectivity index (χ2n) is 5.80. The number of hydrogen-bond acceptors (Lipinski definition) is 3. The fourth-order valence-corrected chi connectivity index (χ4v) is 4.70. The van der Waals surface area contributed by atoms with E-state index in [1.54, 1.807) is 0 Å². The molecular formula is C17H20Cl2N2O2S. The molecule has 0 radical (unpaired) electrons. The van der Waals surface area contributed by atoms with E-state index >= 15 is 0 Å². The highest BCUT2D eigenvalue weighted by molar-refractivity contribution is 7.89. The molecule has 0 fully saturated rings. The van der Waals surface area contributed by atoms with E-state index < -0.39 is 10.0 Å². The second-order valence-corrected chi connectivity index (χ2v) is 8.35. The van der Waals surface area contributed by atoms with Crippen LogP contribution >= 0.6 is 23.2 Å². The molecule has 2 aromatic rings. The van der Waals surface area contributed by atoms with Crippen LogP contribution in [-0.4, -0.2) is 15.0 Å². The van der Waals surface area contributed by atoms with Crippen LogP contribution < -0.4 is 10.5 Å². The second kappa shape index (κ2) is 7.74. The van der Waals surface area contributed by atoms with Gasteiger partial charge in [0.25, 0.3) is 0 Å². The van der Waals surface area contributed by atoms with Crippen molar-refractivity contribution in [2.75, 3.05) is 12.3 Å². The van der Waals surface area contributed by atoms with Gasteiger partial charge in [0.05, 0.1) is 10.7 Å². The van der Waals surface area contributed by atoms with Crippen LogP contribution in [0, 0.1) is 13.8 Å². The first kappa shape index (κ1) is 19.1. The molecule has 0 bridgehead atoms. The minimum atomic E-state index is -3.77. The van der Waals surface area contributed by atoms with Crippen LogP contribution in [0.1, 0.15) is 23.1 Å². The Labute approximate surface area is 153 Å². The van der Waals surface area contributed by atoms with Gasteiger partial charge in [-0.25, -0.2) is 13.1 Å². The topological polar surface area (TPSA) is 72.2 Å². The molecule has 0 saturated heterocycles. The van der Waals surface area contributed by atoms with E-state index in [0.29, 0.717) is 18.0 Å². The number of sulfonamides is 1. The largest absolute Gasteiger partial charge is 0.398 e. The van der Waals surface area contributed by atoms with Crippen molar-refractivity contribution in [1.82, 2.24) is 4.72 Å². The lowest BCUT2D eigenvalue weighted by Crippen LogP contribution is -2.26. The van der Waals surface area contributed by atoms with E-state index in [1.165, 1.54) is 28.8 Å². The highest BCUT2D eigenvalue weighted by atomic mass is 35.5. The highest BCUT2D eigenvalue weighted by Crippen LogP contribution is 2.30. The molecule has 0 aliphatic rings. The number of anilines is 1. The zero-order chi connectivity index (χ0) is 17.9. The van der Waals surface area contributed by atoms with Crippen molar-refractivity contribution >= 4 is 38.9 Å². The van der Waals surface area contributed by atoms with Crippen LogP contribution in [0.5, 0.6) is 0 Å². The molecule has 4 nitrogen and oxygen atoms in total. The third-order valence-corrected chi connectivity index (χ3v) is 5.73. The van der Waals surface area contributed by atoms with Crippen molar-refractivity contribution in [3.63, 3.8) is 0 Å². The quantitative estimate of drug-likeness (QED) is 0.579. The third kappa shape index (κ3) is 4.86. The molecule has 0 heterocycles. The van der Waals surface area contributed by atoms with Gasteiger partial charge in [-0.3, -0.25) is 0 Å². The lowest BCUT2D eigenvalue weighted by Gasteiger charge is -2.11. The predicted molar refractivity (Wildman–Crippen MR) is 100 cm³/mol. The zero-order valence-corrected chi connectivity index (χ0v) is 15.9. The van der Waals surface area contributed by atoms with Gasteiger partial charge in [-0.05, 0) is 44.4 Å². The van der Waals surface area contributed by atoms with E-state index in [1.807, 2.05) is 13.8 Å². The summed E-state index contributed by atoms with van der Waals surface area (Å²) in [5.41, 5.74) is 9.38. The number of aryl methyl sites for hydroxylation is 3. The first-order chi connectivity index (χ1) is 11.2. The number of nitrogens with one attached hydrogen (secondary N) is 1. The average molecular weight is 387 g/mol. The summed E-state index contributed by atoms with van der Waals surface area (Å²) in [6.45, 7) is 4.39. The van der Waals surface area contributed by atoms with Crippen molar-refractivity contribution < 1.29 is 8.42 Å². The predicted octanol–water partition coefficient (Wildman–Crippen LogP) is 4.10. The van der Waals surface area contributed by atoms with Gasteiger partial charge in [-0.1, -0.05) is 52.5 Å². The number of benzene rings is 2. The normalized spacial score (nSPS) is 11.7. The summed E-state index contributed by atoms with van der Waals surface area (Å²) in [7, 11) is -3.77. The molecule has 0 aliphatic carbocycles. The van der Waals surface area contributed by atoms with E-state index in [4.69, 9.17) is 28.9 Å². The van der Waals surface area contributed by atoms with Gasteiger partial charge < -0.3 is 5.73 Å². The van der Waals surface area contributed by atoms with Crippen molar-refractivity contribution in [3.8, 4) is 0 Å². The molecule has 0 aliphatic heterocycles. The van der Waals surface area contributed by atoms with Gasteiger partial charge in [-0.15, -0.1) is 0 Å². The molecule has 0 spiro atoms. The van der Waals surface area contributed by atoms with Crippen LogP contribution in [-0.2, 0) is 16.4 Å². The van der Waals surface area contributed by atoms with Crippen molar-refractivity contribution in [1.29, 1.82) is 0 Å². The number of nitrogen functional groups attached to an aromatic ring is 1. The van der Waals surface area contributed by atoms with Gasteiger partial charge >= 0.3 is 0 Å². The summed E-state index contributed by atoms with van der Waals surface area (Å²) in [4.78, 5) is -0.125. The summed E-state index contributed by atoms with van der Waals surface area (Å²) in [6, 6.07) is 9.06. The van der Waals surface area contributed by atoms with Crippen LogP contribution in [0.2, 0.25) is 10.0 Å². The monoisotopic (exact) mass is 386 g/mol.